The van der Waals surface area contributed by atoms with Crippen molar-refractivity contribution < 1.29 is 18.3 Å². The zero-order valence-corrected chi connectivity index (χ0v) is 13.0. The van der Waals surface area contributed by atoms with Crippen LogP contribution >= 0.6 is 11.6 Å². The first-order valence-corrected chi connectivity index (χ1v) is 7.71. The monoisotopic (exact) mass is 339 g/mol. The molecular weight excluding hydrogens is 324 g/mol. The maximum atomic E-state index is 13.6. The minimum atomic E-state index is -0.554. The number of hydrogen-bond donors (Lipinski definition) is 1. The fourth-order valence-electron chi connectivity index (χ4n) is 2.53. The van der Waals surface area contributed by atoms with E-state index in [-0.39, 0.29) is 16.9 Å². The summed E-state index contributed by atoms with van der Waals surface area (Å²) in [6, 6.07) is 10.1. The second-order valence-electron chi connectivity index (χ2n) is 5.28. The Kier molecular flexibility index (Phi) is 5.10. The molecule has 2 aromatic carbocycles. The van der Waals surface area contributed by atoms with Crippen LogP contribution in [0.4, 0.5) is 8.78 Å². The van der Waals surface area contributed by atoms with E-state index >= 15 is 0 Å². The molecule has 0 amide bonds. The van der Waals surface area contributed by atoms with Gasteiger partial charge in [-0.1, -0.05) is 23.7 Å². The molecular formula is C17H16ClF2NO2. The van der Waals surface area contributed by atoms with Gasteiger partial charge < -0.3 is 14.8 Å². The van der Waals surface area contributed by atoms with Crippen LogP contribution in [0.25, 0.3) is 0 Å². The molecule has 1 aliphatic heterocycles. The third-order valence-electron chi connectivity index (χ3n) is 3.62. The highest BCUT2D eigenvalue weighted by Crippen LogP contribution is 2.32. The molecule has 2 unspecified atom stereocenters. The summed E-state index contributed by atoms with van der Waals surface area (Å²) in [6.45, 7) is 1.86. The highest BCUT2D eigenvalue weighted by molar-refractivity contribution is 6.32. The predicted molar refractivity (Wildman–Crippen MR) is 83.8 cm³/mol. The Labute approximate surface area is 138 Å². The van der Waals surface area contributed by atoms with Crippen molar-refractivity contribution in [3.8, 4) is 5.75 Å². The number of rotatable bonds is 4. The Balaban J connectivity index is 1.91. The number of halogens is 3. The maximum absolute atomic E-state index is 13.6. The summed E-state index contributed by atoms with van der Waals surface area (Å²) in [6.07, 6.45) is -0.854. The topological polar surface area (TPSA) is 30.5 Å². The minimum Gasteiger partial charge on any atom is -0.481 e. The fourth-order valence-corrected chi connectivity index (χ4v) is 2.74. The molecule has 1 saturated heterocycles. The molecule has 0 bridgehead atoms. The van der Waals surface area contributed by atoms with Crippen molar-refractivity contribution in [2.75, 3.05) is 19.7 Å². The van der Waals surface area contributed by atoms with Gasteiger partial charge in [0.2, 0.25) is 0 Å². The average molecular weight is 340 g/mol. The van der Waals surface area contributed by atoms with Gasteiger partial charge in [0.15, 0.2) is 6.10 Å². The molecule has 3 nitrogen and oxygen atoms in total. The van der Waals surface area contributed by atoms with E-state index in [1.54, 1.807) is 12.1 Å². The Morgan fingerprint density at radius 3 is 2.70 bits per heavy atom. The molecule has 0 aromatic heterocycles. The molecule has 6 heteroatoms. The summed E-state index contributed by atoms with van der Waals surface area (Å²) in [5, 5.41) is 3.38. The molecule has 0 aliphatic carbocycles. The minimum absolute atomic E-state index is 0.162. The van der Waals surface area contributed by atoms with Gasteiger partial charge in [-0.2, -0.15) is 0 Å². The maximum Gasteiger partial charge on any atom is 0.151 e. The molecule has 0 radical (unpaired) electrons. The third-order valence-corrected chi connectivity index (χ3v) is 3.91. The smallest absolute Gasteiger partial charge is 0.151 e. The van der Waals surface area contributed by atoms with Crippen molar-refractivity contribution in [3.63, 3.8) is 0 Å². The second kappa shape index (κ2) is 7.25. The molecule has 0 saturated carbocycles. The van der Waals surface area contributed by atoms with Crippen molar-refractivity contribution in [1.29, 1.82) is 0 Å². The lowest BCUT2D eigenvalue weighted by Gasteiger charge is -2.31. The van der Waals surface area contributed by atoms with Crippen molar-refractivity contribution >= 4 is 11.6 Å². The Hall–Kier alpha value is -1.69. The molecule has 0 spiro atoms. The van der Waals surface area contributed by atoms with Gasteiger partial charge in [0, 0.05) is 13.1 Å². The molecule has 2 atom stereocenters. The number of ether oxygens (including phenoxy) is 2. The Bertz CT molecular complexity index is 677. The van der Waals surface area contributed by atoms with Gasteiger partial charge in [-0.05, 0) is 35.9 Å². The SMILES string of the molecule is Fc1cccc(C(Oc2ccc(F)cc2Cl)C2CNCCO2)c1. The number of nitrogens with one attached hydrogen (secondary N) is 1. The van der Waals surface area contributed by atoms with Gasteiger partial charge in [-0.15, -0.1) is 0 Å². The predicted octanol–water partition coefficient (Wildman–Crippen LogP) is 3.73. The van der Waals surface area contributed by atoms with Crippen molar-refractivity contribution in [2.24, 2.45) is 0 Å². The van der Waals surface area contributed by atoms with Crippen LogP contribution in [0.1, 0.15) is 11.7 Å². The van der Waals surface area contributed by atoms with Gasteiger partial charge in [-0.3, -0.25) is 0 Å². The molecule has 2 aromatic rings. The van der Waals surface area contributed by atoms with E-state index in [1.165, 1.54) is 30.3 Å². The summed E-state index contributed by atoms with van der Waals surface area (Å²) < 4.78 is 38.5. The normalized spacial score (nSPS) is 19.3. The van der Waals surface area contributed by atoms with Crippen molar-refractivity contribution in [1.82, 2.24) is 5.32 Å². The third kappa shape index (κ3) is 3.99. The molecule has 1 heterocycles. The number of benzene rings is 2. The van der Waals surface area contributed by atoms with Crippen LogP contribution in [0.3, 0.4) is 0 Å². The molecule has 1 fully saturated rings. The Morgan fingerprint density at radius 2 is 2.00 bits per heavy atom. The largest absolute Gasteiger partial charge is 0.481 e. The molecule has 1 N–H and O–H groups in total. The van der Waals surface area contributed by atoms with E-state index in [4.69, 9.17) is 21.1 Å². The average Bonchev–Trinajstić information content (AvgIpc) is 2.55. The van der Waals surface area contributed by atoms with E-state index in [0.717, 1.165) is 6.54 Å². The van der Waals surface area contributed by atoms with Crippen LogP contribution in [0.2, 0.25) is 5.02 Å². The van der Waals surface area contributed by atoms with Crippen LogP contribution in [-0.4, -0.2) is 25.8 Å². The Morgan fingerprint density at radius 1 is 1.17 bits per heavy atom. The lowest BCUT2D eigenvalue weighted by molar-refractivity contribution is -0.0433. The van der Waals surface area contributed by atoms with Crippen LogP contribution in [0.5, 0.6) is 5.75 Å². The van der Waals surface area contributed by atoms with Crippen LogP contribution < -0.4 is 10.1 Å². The molecule has 122 valence electrons. The highest BCUT2D eigenvalue weighted by atomic mass is 35.5. The van der Waals surface area contributed by atoms with Gasteiger partial charge in [0.1, 0.15) is 23.5 Å². The zero-order chi connectivity index (χ0) is 16.2. The van der Waals surface area contributed by atoms with E-state index in [9.17, 15) is 8.78 Å². The lowest BCUT2D eigenvalue weighted by Crippen LogP contribution is -2.43. The summed E-state index contributed by atoms with van der Waals surface area (Å²) in [5.74, 6) is -0.471. The number of hydrogen-bond acceptors (Lipinski definition) is 3. The second-order valence-corrected chi connectivity index (χ2v) is 5.69. The number of morpholine rings is 1. The van der Waals surface area contributed by atoms with Crippen molar-refractivity contribution in [3.05, 3.63) is 64.7 Å². The van der Waals surface area contributed by atoms with E-state index < -0.39 is 11.9 Å². The van der Waals surface area contributed by atoms with Crippen LogP contribution in [-0.2, 0) is 4.74 Å². The fraction of sp³-hybridized carbons (Fsp3) is 0.294. The summed E-state index contributed by atoms with van der Waals surface area (Å²) in [4.78, 5) is 0. The molecule has 23 heavy (non-hydrogen) atoms. The van der Waals surface area contributed by atoms with Gasteiger partial charge in [0.05, 0.1) is 11.6 Å². The van der Waals surface area contributed by atoms with E-state index in [2.05, 4.69) is 5.32 Å². The first-order chi connectivity index (χ1) is 11.1. The quantitative estimate of drug-likeness (QED) is 0.920. The van der Waals surface area contributed by atoms with Crippen LogP contribution in [0, 0.1) is 11.6 Å². The van der Waals surface area contributed by atoms with Crippen LogP contribution in [0.15, 0.2) is 42.5 Å². The zero-order valence-electron chi connectivity index (χ0n) is 12.3. The van der Waals surface area contributed by atoms with Crippen molar-refractivity contribution in [2.45, 2.75) is 12.2 Å². The highest BCUT2D eigenvalue weighted by Gasteiger charge is 2.28. The summed E-state index contributed by atoms with van der Waals surface area (Å²) >= 11 is 6.04. The lowest BCUT2D eigenvalue weighted by atomic mass is 10.0. The molecule has 3 rings (SSSR count). The van der Waals surface area contributed by atoms with Gasteiger partial charge in [-0.25, -0.2) is 8.78 Å². The first-order valence-electron chi connectivity index (χ1n) is 7.33. The standard InChI is InChI=1S/C17H16ClF2NO2/c18-14-9-13(20)4-5-15(14)23-17(16-10-21-6-7-22-16)11-2-1-3-12(19)8-11/h1-5,8-9,16-17,21H,6-7,10H2. The van der Waals surface area contributed by atoms with E-state index in [1.807, 2.05) is 0 Å². The summed E-state index contributed by atoms with van der Waals surface area (Å²) in [7, 11) is 0. The first kappa shape index (κ1) is 16.2. The summed E-state index contributed by atoms with van der Waals surface area (Å²) in [5.41, 5.74) is 0.638. The van der Waals surface area contributed by atoms with Gasteiger partial charge >= 0.3 is 0 Å². The van der Waals surface area contributed by atoms with E-state index in [0.29, 0.717) is 24.5 Å². The van der Waals surface area contributed by atoms with Gasteiger partial charge in [0.25, 0.3) is 0 Å². The molecule has 1 aliphatic rings.